The molecule has 0 unspecified atom stereocenters. The van der Waals surface area contributed by atoms with Gasteiger partial charge in [-0.05, 0) is 42.9 Å². The van der Waals surface area contributed by atoms with Crippen molar-refractivity contribution < 1.29 is 4.74 Å². The molecule has 1 aliphatic rings. The zero-order valence-corrected chi connectivity index (χ0v) is 12.4. The highest BCUT2D eigenvalue weighted by Crippen LogP contribution is 2.26. The van der Waals surface area contributed by atoms with Gasteiger partial charge in [0, 0.05) is 0 Å². The minimum absolute atomic E-state index is 0.897. The van der Waals surface area contributed by atoms with Gasteiger partial charge in [0.25, 0.3) is 0 Å². The molecule has 2 rings (SSSR count). The first-order valence-corrected chi connectivity index (χ1v) is 8.15. The van der Waals surface area contributed by atoms with Gasteiger partial charge in [0.1, 0.15) is 5.75 Å². The Kier molecular flexibility index (Phi) is 6.26. The molecule has 0 amide bonds. The van der Waals surface area contributed by atoms with Gasteiger partial charge in [0.15, 0.2) is 0 Å². The Morgan fingerprint density at radius 2 is 1.79 bits per heavy atom. The van der Waals surface area contributed by atoms with E-state index in [1.54, 1.807) is 0 Å². The molecule has 0 N–H and O–H groups in total. The Labute approximate surface area is 118 Å². The fourth-order valence-corrected chi connectivity index (χ4v) is 2.83. The van der Waals surface area contributed by atoms with Crippen LogP contribution in [0.4, 0.5) is 0 Å². The summed E-state index contributed by atoms with van der Waals surface area (Å²) in [6.07, 6.45) is 13.3. The first kappa shape index (κ1) is 14.4. The van der Waals surface area contributed by atoms with Gasteiger partial charge in [-0.15, -0.1) is 0 Å². The summed E-state index contributed by atoms with van der Waals surface area (Å²) in [5.41, 5.74) is 2.85. The van der Waals surface area contributed by atoms with Crippen molar-refractivity contribution in [1.29, 1.82) is 0 Å². The molecular weight excluding hydrogens is 232 g/mol. The molecule has 0 saturated heterocycles. The van der Waals surface area contributed by atoms with E-state index in [4.69, 9.17) is 4.74 Å². The van der Waals surface area contributed by atoms with Crippen molar-refractivity contribution in [2.45, 2.75) is 71.1 Å². The Bertz CT molecular complexity index is 370. The number of rotatable bonds is 8. The quantitative estimate of drug-likeness (QED) is 0.576. The second kappa shape index (κ2) is 8.24. The van der Waals surface area contributed by atoms with E-state index in [0.29, 0.717) is 0 Å². The van der Waals surface area contributed by atoms with Crippen LogP contribution in [-0.2, 0) is 12.8 Å². The molecule has 1 heteroatoms. The van der Waals surface area contributed by atoms with Crippen LogP contribution in [0.25, 0.3) is 0 Å². The zero-order chi connectivity index (χ0) is 13.3. The van der Waals surface area contributed by atoms with Crippen LogP contribution >= 0.6 is 0 Å². The van der Waals surface area contributed by atoms with Crippen molar-refractivity contribution in [3.8, 4) is 5.75 Å². The molecule has 0 saturated carbocycles. The van der Waals surface area contributed by atoms with E-state index in [1.165, 1.54) is 75.3 Å². The topological polar surface area (TPSA) is 9.23 Å². The van der Waals surface area contributed by atoms with Crippen LogP contribution in [0.5, 0.6) is 5.75 Å². The van der Waals surface area contributed by atoms with Crippen molar-refractivity contribution in [2.75, 3.05) is 6.61 Å². The second-order valence-electron chi connectivity index (χ2n) is 5.77. The smallest absolute Gasteiger partial charge is 0.122 e. The molecule has 0 fully saturated rings. The van der Waals surface area contributed by atoms with Crippen molar-refractivity contribution in [3.05, 3.63) is 29.3 Å². The highest BCUT2D eigenvalue weighted by molar-refractivity contribution is 5.38. The van der Waals surface area contributed by atoms with Crippen LogP contribution in [0.3, 0.4) is 0 Å². The minimum Gasteiger partial charge on any atom is -0.493 e. The summed E-state index contributed by atoms with van der Waals surface area (Å²) in [6, 6.07) is 6.83. The number of ether oxygens (including phenoxy) is 1. The predicted molar refractivity (Wildman–Crippen MR) is 82.0 cm³/mol. The summed E-state index contributed by atoms with van der Waals surface area (Å²) in [7, 11) is 0. The molecule has 0 bridgehead atoms. The number of fused-ring (bicyclic) bond motifs is 1. The number of benzene rings is 1. The van der Waals surface area contributed by atoms with E-state index >= 15 is 0 Å². The molecule has 0 atom stereocenters. The number of hydrogen-bond donors (Lipinski definition) is 0. The number of aryl methyl sites for hydroxylation is 2. The monoisotopic (exact) mass is 260 g/mol. The maximum atomic E-state index is 5.74. The molecule has 1 aromatic carbocycles. The Morgan fingerprint density at radius 3 is 2.63 bits per heavy atom. The van der Waals surface area contributed by atoms with E-state index in [2.05, 4.69) is 25.1 Å². The van der Waals surface area contributed by atoms with Crippen molar-refractivity contribution in [2.24, 2.45) is 0 Å². The lowest BCUT2D eigenvalue weighted by atomic mass is 10.0. The fourth-order valence-electron chi connectivity index (χ4n) is 2.83. The third-order valence-electron chi connectivity index (χ3n) is 4.05. The van der Waals surface area contributed by atoms with Gasteiger partial charge < -0.3 is 4.74 Å². The van der Waals surface area contributed by atoms with Gasteiger partial charge in [-0.1, -0.05) is 57.6 Å². The van der Waals surface area contributed by atoms with Gasteiger partial charge in [-0.25, -0.2) is 0 Å². The van der Waals surface area contributed by atoms with E-state index in [-0.39, 0.29) is 0 Å². The lowest BCUT2D eigenvalue weighted by Crippen LogP contribution is -2.08. The molecule has 106 valence electrons. The van der Waals surface area contributed by atoms with Crippen LogP contribution < -0.4 is 4.74 Å². The van der Waals surface area contributed by atoms with Gasteiger partial charge in [0.2, 0.25) is 0 Å². The molecule has 19 heavy (non-hydrogen) atoms. The average Bonchev–Trinajstić information content (AvgIpc) is 2.46. The standard InChI is InChI=1S/C18H28O/c1-2-3-4-5-6-7-8-10-16-12-13-17-11-9-14-19-18(17)15-16/h12-13,15H,2-11,14H2,1H3. The third kappa shape index (κ3) is 4.89. The summed E-state index contributed by atoms with van der Waals surface area (Å²) in [5.74, 6) is 1.15. The molecule has 0 spiro atoms. The Morgan fingerprint density at radius 1 is 1.00 bits per heavy atom. The Balaban J connectivity index is 1.66. The van der Waals surface area contributed by atoms with Gasteiger partial charge in [-0.3, -0.25) is 0 Å². The van der Waals surface area contributed by atoms with Crippen LogP contribution in [-0.4, -0.2) is 6.61 Å². The van der Waals surface area contributed by atoms with Crippen molar-refractivity contribution >= 4 is 0 Å². The average molecular weight is 260 g/mol. The third-order valence-corrected chi connectivity index (χ3v) is 4.05. The molecule has 0 aliphatic carbocycles. The lowest BCUT2D eigenvalue weighted by molar-refractivity contribution is 0.288. The van der Waals surface area contributed by atoms with Gasteiger partial charge >= 0.3 is 0 Å². The minimum atomic E-state index is 0.897. The molecule has 0 radical (unpaired) electrons. The summed E-state index contributed by atoms with van der Waals surface area (Å²) in [5, 5.41) is 0. The van der Waals surface area contributed by atoms with E-state index < -0.39 is 0 Å². The first-order valence-electron chi connectivity index (χ1n) is 8.15. The molecule has 1 nitrogen and oxygen atoms in total. The molecule has 1 heterocycles. The highest BCUT2D eigenvalue weighted by Gasteiger charge is 2.10. The van der Waals surface area contributed by atoms with Gasteiger partial charge in [0.05, 0.1) is 6.61 Å². The van der Waals surface area contributed by atoms with Crippen LogP contribution in [0.2, 0.25) is 0 Å². The maximum Gasteiger partial charge on any atom is 0.122 e. The normalized spacial score (nSPS) is 13.9. The van der Waals surface area contributed by atoms with E-state index in [9.17, 15) is 0 Å². The fraction of sp³-hybridized carbons (Fsp3) is 0.667. The summed E-state index contributed by atoms with van der Waals surface area (Å²) in [4.78, 5) is 0. The molecule has 1 aliphatic heterocycles. The van der Waals surface area contributed by atoms with E-state index in [0.717, 1.165) is 12.4 Å². The Hall–Kier alpha value is -0.980. The first-order chi connectivity index (χ1) is 9.40. The predicted octanol–water partition coefficient (Wildman–Crippen LogP) is 5.30. The summed E-state index contributed by atoms with van der Waals surface area (Å²) < 4.78 is 5.74. The van der Waals surface area contributed by atoms with Crippen LogP contribution in [0.15, 0.2) is 18.2 Å². The summed E-state index contributed by atoms with van der Waals surface area (Å²) in [6.45, 7) is 3.17. The van der Waals surface area contributed by atoms with Gasteiger partial charge in [-0.2, -0.15) is 0 Å². The van der Waals surface area contributed by atoms with Crippen molar-refractivity contribution in [3.63, 3.8) is 0 Å². The van der Waals surface area contributed by atoms with Crippen LogP contribution in [0, 0.1) is 0 Å². The summed E-state index contributed by atoms with van der Waals surface area (Å²) >= 11 is 0. The second-order valence-corrected chi connectivity index (χ2v) is 5.77. The number of unbranched alkanes of at least 4 members (excludes halogenated alkanes) is 6. The van der Waals surface area contributed by atoms with E-state index in [1.807, 2.05) is 0 Å². The number of hydrogen-bond acceptors (Lipinski definition) is 1. The SMILES string of the molecule is CCCCCCCCCc1ccc2c(c1)OCCC2. The molecule has 0 aromatic heterocycles. The van der Waals surface area contributed by atoms with Crippen molar-refractivity contribution in [1.82, 2.24) is 0 Å². The highest BCUT2D eigenvalue weighted by atomic mass is 16.5. The maximum absolute atomic E-state index is 5.74. The van der Waals surface area contributed by atoms with Crippen LogP contribution in [0.1, 0.15) is 69.4 Å². The molecular formula is C18H28O. The largest absolute Gasteiger partial charge is 0.493 e. The molecule has 1 aromatic rings. The lowest BCUT2D eigenvalue weighted by Gasteiger charge is -2.17. The zero-order valence-electron chi connectivity index (χ0n) is 12.4.